The number of carbonyl (C=O) groups excluding carboxylic acids is 1. The molecule has 0 aliphatic heterocycles. The Kier molecular flexibility index (Phi) is 4.96. The molecule has 1 aromatic carbocycles. The molecule has 0 saturated heterocycles. The van der Waals surface area contributed by atoms with Crippen LogP contribution in [0.2, 0.25) is 0 Å². The first-order valence-corrected chi connectivity index (χ1v) is 7.68. The summed E-state index contributed by atoms with van der Waals surface area (Å²) in [4.78, 5) is 11.3. The molecule has 5 nitrogen and oxygen atoms in total. The monoisotopic (exact) mass is 304 g/mol. The molecule has 1 aromatic rings. The van der Waals surface area contributed by atoms with E-state index in [0.717, 1.165) is 6.26 Å². The normalized spacial score (nSPS) is 11.1. The lowest BCUT2D eigenvalue weighted by molar-refractivity contribution is -0.118. The van der Waals surface area contributed by atoms with Crippen LogP contribution in [0.25, 0.3) is 0 Å². The maximum Gasteiger partial charge on any atom is 0.235 e. The molecule has 0 heterocycles. The van der Waals surface area contributed by atoms with Gasteiger partial charge in [0.2, 0.25) is 5.91 Å². The molecule has 0 bridgehead atoms. The van der Waals surface area contributed by atoms with Crippen LogP contribution in [0.5, 0.6) is 0 Å². The van der Waals surface area contributed by atoms with Crippen molar-refractivity contribution in [2.45, 2.75) is 6.54 Å². The van der Waals surface area contributed by atoms with Crippen LogP contribution in [-0.2, 0) is 21.2 Å². The van der Waals surface area contributed by atoms with Gasteiger partial charge in [-0.1, -0.05) is 24.4 Å². The minimum Gasteiger partial charge on any atom is -0.389 e. The highest BCUT2D eigenvalue weighted by Gasteiger charge is 2.11. The van der Waals surface area contributed by atoms with Gasteiger partial charge in [0, 0.05) is 23.9 Å². The number of amides is 1. The Morgan fingerprint density at radius 3 is 2.58 bits per heavy atom. The van der Waals surface area contributed by atoms with Gasteiger partial charge in [-0.15, -0.1) is 0 Å². The number of nitrogens with one attached hydrogen (secondary N) is 1. The summed E-state index contributed by atoms with van der Waals surface area (Å²) in [6, 6.07) is 4.13. The molecule has 0 fully saturated rings. The van der Waals surface area contributed by atoms with Crippen molar-refractivity contribution < 1.29 is 17.6 Å². The number of sulfone groups is 1. The first kappa shape index (κ1) is 15.5. The molecule has 0 saturated carbocycles. The number of hydrogen-bond donors (Lipinski definition) is 2. The lowest BCUT2D eigenvalue weighted by atomic mass is 10.1. The van der Waals surface area contributed by atoms with Gasteiger partial charge in [-0.25, -0.2) is 12.8 Å². The smallest absolute Gasteiger partial charge is 0.235 e. The fraction of sp³-hybridized carbons (Fsp3) is 0.273. The van der Waals surface area contributed by atoms with E-state index in [1.807, 2.05) is 0 Å². The molecule has 3 N–H and O–H groups in total. The molecule has 0 radical (unpaired) electrons. The Labute approximate surface area is 115 Å². The number of carbonyl (C=O) groups is 1. The SMILES string of the molecule is CS(=O)(=O)CC(=O)NCc1ccc(C(N)=S)cc1F. The largest absolute Gasteiger partial charge is 0.389 e. The van der Waals surface area contributed by atoms with Crippen LogP contribution in [0, 0.1) is 5.82 Å². The van der Waals surface area contributed by atoms with Crippen molar-refractivity contribution >= 4 is 33.0 Å². The molecule has 0 atom stereocenters. The van der Waals surface area contributed by atoms with Gasteiger partial charge in [0.25, 0.3) is 0 Å². The Morgan fingerprint density at radius 2 is 2.11 bits per heavy atom. The number of hydrogen-bond acceptors (Lipinski definition) is 4. The first-order valence-electron chi connectivity index (χ1n) is 5.21. The molecule has 0 spiro atoms. The summed E-state index contributed by atoms with van der Waals surface area (Å²) in [5, 5.41) is 2.32. The molecular weight excluding hydrogens is 291 g/mol. The number of nitrogens with two attached hydrogens (primary N) is 1. The molecule has 1 amide bonds. The van der Waals surface area contributed by atoms with Gasteiger partial charge in [-0.2, -0.15) is 0 Å². The van der Waals surface area contributed by atoms with E-state index in [1.54, 1.807) is 0 Å². The Hall–Kier alpha value is -1.54. The highest BCUT2D eigenvalue weighted by Crippen LogP contribution is 2.10. The third-order valence-electron chi connectivity index (χ3n) is 2.21. The average Bonchev–Trinajstić information content (AvgIpc) is 2.24. The fourth-order valence-electron chi connectivity index (χ4n) is 1.33. The molecule has 104 valence electrons. The van der Waals surface area contributed by atoms with Crippen LogP contribution in [0.15, 0.2) is 18.2 Å². The average molecular weight is 304 g/mol. The first-order chi connectivity index (χ1) is 8.69. The van der Waals surface area contributed by atoms with Crippen LogP contribution in [0.4, 0.5) is 4.39 Å². The zero-order valence-electron chi connectivity index (χ0n) is 10.1. The Morgan fingerprint density at radius 1 is 1.47 bits per heavy atom. The van der Waals surface area contributed by atoms with E-state index in [4.69, 9.17) is 18.0 Å². The molecule has 1 rings (SSSR count). The number of benzene rings is 1. The van der Waals surface area contributed by atoms with Crippen molar-refractivity contribution in [3.63, 3.8) is 0 Å². The lowest BCUT2D eigenvalue weighted by Crippen LogP contribution is -2.29. The molecule has 0 aliphatic carbocycles. The maximum absolute atomic E-state index is 13.6. The van der Waals surface area contributed by atoms with Crippen molar-refractivity contribution in [3.8, 4) is 0 Å². The second-order valence-electron chi connectivity index (χ2n) is 4.02. The van der Waals surface area contributed by atoms with E-state index in [2.05, 4.69) is 5.32 Å². The summed E-state index contributed by atoms with van der Waals surface area (Å²) in [5.41, 5.74) is 5.96. The standard InChI is InChI=1S/C11H13FN2O3S2/c1-19(16,17)6-10(15)14-5-8-3-2-7(11(13)18)4-9(8)12/h2-4H,5-6H2,1H3,(H2,13,18)(H,14,15). The minimum atomic E-state index is -3.40. The summed E-state index contributed by atoms with van der Waals surface area (Å²) in [6.07, 6.45) is 0.949. The van der Waals surface area contributed by atoms with Crippen LogP contribution in [0.3, 0.4) is 0 Å². The van der Waals surface area contributed by atoms with Crippen molar-refractivity contribution in [1.82, 2.24) is 5.32 Å². The number of rotatable bonds is 5. The van der Waals surface area contributed by atoms with E-state index in [9.17, 15) is 17.6 Å². The predicted molar refractivity (Wildman–Crippen MR) is 73.8 cm³/mol. The molecule has 19 heavy (non-hydrogen) atoms. The second-order valence-corrected chi connectivity index (χ2v) is 6.60. The van der Waals surface area contributed by atoms with Crippen molar-refractivity contribution in [2.75, 3.05) is 12.0 Å². The fourth-order valence-corrected chi connectivity index (χ4v) is 2.03. The van der Waals surface area contributed by atoms with Crippen LogP contribution >= 0.6 is 12.2 Å². The number of thiocarbonyl (C=S) groups is 1. The Bertz CT molecular complexity index is 614. The summed E-state index contributed by atoms with van der Waals surface area (Å²) in [6.45, 7) is -0.0994. The summed E-state index contributed by atoms with van der Waals surface area (Å²) >= 11 is 4.71. The zero-order chi connectivity index (χ0) is 14.6. The Balaban J connectivity index is 2.69. The second kappa shape index (κ2) is 6.07. The highest BCUT2D eigenvalue weighted by molar-refractivity contribution is 7.91. The van der Waals surface area contributed by atoms with Gasteiger partial charge in [-0.05, 0) is 6.07 Å². The molecule has 0 aromatic heterocycles. The molecular formula is C11H13FN2O3S2. The summed E-state index contributed by atoms with van der Waals surface area (Å²) in [5.74, 6) is -1.87. The van der Waals surface area contributed by atoms with E-state index >= 15 is 0 Å². The third kappa shape index (κ3) is 5.31. The predicted octanol–water partition coefficient (Wildman–Crippen LogP) is 0.121. The van der Waals surface area contributed by atoms with E-state index in [-0.39, 0.29) is 17.1 Å². The van der Waals surface area contributed by atoms with Gasteiger partial charge in [0.1, 0.15) is 16.6 Å². The quantitative estimate of drug-likeness (QED) is 0.754. The third-order valence-corrected chi connectivity index (χ3v) is 3.23. The topological polar surface area (TPSA) is 89.3 Å². The van der Waals surface area contributed by atoms with Crippen molar-refractivity contribution in [1.29, 1.82) is 0 Å². The zero-order valence-corrected chi connectivity index (χ0v) is 11.8. The molecule has 0 unspecified atom stereocenters. The van der Waals surface area contributed by atoms with Gasteiger partial charge < -0.3 is 11.1 Å². The van der Waals surface area contributed by atoms with Gasteiger partial charge in [-0.3, -0.25) is 4.79 Å². The maximum atomic E-state index is 13.6. The van der Waals surface area contributed by atoms with Gasteiger partial charge in [0.05, 0.1) is 0 Å². The highest BCUT2D eigenvalue weighted by atomic mass is 32.2. The minimum absolute atomic E-state index is 0.0755. The molecule has 8 heteroatoms. The van der Waals surface area contributed by atoms with Crippen LogP contribution in [0.1, 0.15) is 11.1 Å². The molecule has 0 aliphatic rings. The van der Waals surface area contributed by atoms with E-state index < -0.39 is 27.3 Å². The van der Waals surface area contributed by atoms with Crippen LogP contribution < -0.4 is 11.1 Å². The van der Waals surface area contributed by atoms with E-state index in [1.165, 1.54) is 18.2 Å². The lowest BCUT2D eigenvalue weighted by Gasteiger charge is -2.07. The van der Waals surface area contributed by atoms with Gasteiger partial charge >= 0.3 is 0 Å². The number of halogens is 1. The summed E-state index contributed by atoms with van der Waals surface area (Å²) < 4.78 is 35.4. The van der Waals surface area contributed by atoms with Crippen molar-refractivity contribution in [2.24, 2.45) is 5.73 Å². The van der Waals surface area contributed by atoms with Crippen LogP contribution in [-0.4, -0.2) is 31.3 Å². The summed E-state index contributed by atoms with van der Waals surface area (Å²) in [7, 11) is -3.40. The van der Waals surface area contributed by atoms with Crippen molar-refractivity contribution in [3.05, 3.63) is 35.1 Å². The van der Waals surface area contributed by atoms with Gasteiger partial charge in [0.15, 0.2) is 9.84 Å². The van der Waals surface area contributed by atoms with E-state index in [0.29, 0.717) is 5.56 Å².